The van der Waals surface area contributed by atoms with E-state index in [0.717, 1.165) is 19.5 Å². The van der Waals surface area contributed by atoms with Crippen LogP contribution in [0.5, 0.6) is 0 Å². The van der Waals surface area contributed by atoms with Crippen LogP contribution >= 0.6 is 0 Å². The lowest BCUT2D eigenvalue weighted by atomic mass is 9.72. The third kappa shape index (κ3) is 2.22. The van der Waals surface area contributed by atoms with Gasteiger partial charge < -0.3 is 5.32 Å². The van der Waals surface area contributed by atoms with Crippen LogP contribution < -0.4 is 5.32 Å². The van der Waals surface area contributed by atoms with Crippen molar-refractivity contribution in [2.75, 3.05) is 13.1 Å². The average molecular weight is 237 g/mol. The topological polar surface area (TPSA) is 72.7 Å². The number of tetrazole rings is 1. The number of carbonyl (C=O) groups excluding carboxylic acids is 1. The Morgan fingerprint density at radius 1 is 1.59 bits per heavy atom. The highest BCUT2D eigenvalue weighted by Crippen LogP contribution is 2.35. The highest BCUT2D eigenvalue weighted by Gasteiger charge is 2.43. The molecule has 2 rings (SSSR count). The molecular formula is C11H19N5O. The molecule has 1 aromatic rings. The fourth-order valence-electron chi connectivity index (χ4n) is 2.48. The van der Waals surface area contributed by atoms with Crippen molar-refractivity contribution in [2.45, 2.75) is 26.7 Å². The molecule has 6 heteroatoms. The fourth-order valence-corrected chi connectivity index (χ4v) is 2.48. The molecule has 1 N–H and O–H groups in total. The Morgan fingerprint density at radius 3 is 2.82 bits per heavy atom. The molecule has 1 aliphatic rings. The van der Waals surface area contributed by atoms with Crippen LogP contribution in [0.25, 0.3) is 0 Å². The number of hydrogen-bond acceptors (Lipinski definition) is 5. The second kappa shape index (κ2) is 4.52. The largest absolute Gasteiger partial charge is 0.316 e. The Hall–Kier alpha value is -1.30. The summed E-state index contributed by atoms with van der Waals surface area (Å²) in [7, 11) is 1.70. The summed E-state index contributed by atoms with van der Waals surface area (Å²) in [6, 6.07) is 0. The number of carbonyl (C=O) groups is 1. The van der Waals surface area contributed by atoms with Crippen molar-refractivity contribution < 1.29 is 4.79 Å². The van der Waals surface area contributed by atoms with Gasteiger partial charge in [-0.1, -0.05) is 13.8 Å². The van der Waals surface area contributed by atoms with Gasteiger partial charge in [-0.2, -0.15) is 4.80 Å². The molecule has 94 valence electrons. The highest BCUT2D eigenvalue weighted by molar-refractivity contribution is 5.87. The first kappa shape index (κ1) is 12.2. The molecule has 1 aliphatic heterocycles. The van der Waals surface area contributed by atoms with E-state index in [0.29, 0.717) is 11.7 Å². The van der Waals surface area contributed by atoms with Gasteiger partial charge in [0.25, 0.3) is 0 Å². The van der Waals surface area contributed by atoms with E-state index in [4.69, 9.17) is 0 Å². The van der Waals surface area contributed by atoms with Crippen molar-refractivity contribution in [1.82, 2.24) is 25.5 Å². The standard InChI is InChI=1S/C11H19N5O/c1-8(2)11(4-5-12-7-11)9(17)6-10-13-15-16(3)14-10/h8,12H,4-7H2,1-3H3. The minimum absolute atomic E-state index is 0.227. The van der Waals surface area contributed by atoms with Crippen LogP contribution in [0, 0.1) is 11.3 Å². The van der Waals surface area contributed by atoms with Crippen LogP contribution in [0.1, 0.15) is 26.1 Å². The molecule has 0 bridgehead atoms. The quantitative estimate of drug-likeness (QED) is 0.795. The van der Waals surface area contributed by atoms with E-state index in [2.05, 4.69) is 34.6 Å². The second-order valence-electron chi connectivity index (χ2n) is 5.03. The van der Waals surface area contributed by atoms with Gasteiger partial charge in [-0.05, 0) is 24.1 Å². The third-order valence-corrected chi connectivity index (χ3v) is 3.72. The zero-order valence-corrected chi connectivity index (χ0v) is 10.6. The molecule has 0 saturated carbocycles. The Labute approximate surface area is 101 Å². The number of Topliss-reactive ketones (excluding diaryl/α,β-unsaturated/α-hetero) is 1. The molecule has 17 heavy (non-hydrogen) atoms. The molecule has 1 atom stereocenters. The third-order valence-electron chi connectivity index (χ3n) is 3.72. The number of aromatic nitrogens is 4. The molecule has 1 saturated heterocycles. The van der Waals surface area contributed by atoms with Crippen LogP contribution in [0.3, 0.4) is 0 Å². The first-order valence-corrected chi connectivity index (χ1v) is 6.01. The molecule has 1 fully saturated rings. The number of ketones is 1. The second-order valence-corrected chi connectivity index (χ2v) is 5.03. The molecule has 0 spiro atoms. The van der Waals surface area contributed by atoms with Gasteiger partial charge in [0.1, 0.15) is 5.78 Å². The number of nitrogens with zero attached hydrogens (tertiary/aromatic N) is 4. The van der Waals surface area contributed by atoms with Gasteiger partial charge in [-0.3, -0.25) is 4.79 Å². The van der Waals surface area contributed by atoms with Gasteiger partial charge in [0, 0.05) is 12.0 Å². The molecule has 1 aromatic heterocycles. The van der Waals surface area contributed by atoms with Crippen LogP contribution in [-0.2, 0) is 18.3 Å². The SMILES string of the molecule is CC(C)C1(C(=O)Cc2nnn(C)n2)CCNC1. The summed E-state index contributed by atoms with van der Waals surface area (Å²) >= 11 is 0. The Kier molecular flexibility index (Phi) is 3.24. The summed E-state index contributed by atoms with van der Waals surface area (Å²) < 4.78 is 0. The lowest BCUT2D eigenvalue weighted by Crippen LogP contribution is -2.39. The number of aryl methyl sites for hydroxylation is 1. The van der Waals surface area contributed by atoms with Gasteiger partial charge in [0.05, 0.1) is 13.5 Å². The van der Waals surface area contributed by atoms with Crippen molar-refractivity contribution >= 4 is 5.78 Å². The number of nitrogens with one attached hydrogen (secondary N) is 1. The van der Waals surface area contributed by atoms with Crippen molar-refractivity contribution in [3.05, 3.63) is 5.82 Å². The molecule has 0 radical (unpaired) electrons. The number of rotatable bonds is 4. The summed E-state index contributed by atoms with van der Waals surface area (Å²) in [4.78, 5) is 13.8. The predicted octanol–water partition coefficient (Wildman–Crippen LogP) is -0.0426. The highest BCUT2D eigenvalue weighted by atomic mass is 16.1. The molecule has 0 aliphatic carbocycles. The van der Waals surface area contributed by atoms with Gasteiger partial charge in [-0.15, -0.1) is 10.2 Å². The molecular weight excluding hydrogens is 218 g/mol. The van der Waals surface area contributed by atoms with E-state index >= 15 is 0 Å². The summed E-state index contributed by atoms with van der Waals surface area (Å²) in [5.41, 5.74) is -0.251. The minimum Gasteiger partial charge on any atom is -0.316 e. The van der Waals surface area contributed by atoms with E-state index in [9.17, 15) is 4.79 Å². The molecule has 1 unspecified atom stereocenters. The van der Waals surface area contributed by atoms with Crippen LogP contribution in [0.15, 0.2) is 0 Å². The number of hydrogen-bond donors (Lipinski definition) is 1. The Bertz CT molecular complexity index is 406. The van der Waals surface area contributed by atoms with E-state index in [1.165, 1.54) is 4.80 Å². The minimum atomic E-state index is -0.251. The lowest BCUT2D eigenvalue weighted by Gasteiger charge is -2.30. The van der Waals surface area contributed by atoms with Gasteiger partial charge in [0.15, 0.2) is 5.82 Å². The Morgan fingerprint density at radius 2 is 2.35 bits per heavy atom. The van der Waals surface area contributed by atoms with Gasteiger partial charge in [0.2, 0.25) is 0 Å². The van der Waals surface area contributed by atoms with Crippen LogP contribution in [0.4, 0.5) is 0 Å². The van der Waals surface area contributed by atoms with Crippen molar-refractivity contribution in [3.8, 4) is 0 Å². The molecule has 0 amide bonds. The summed E-state index contributed by atoms with van der Waals surface area (Å²) in [5, 5.41) is 15.0. The van der Waals surface area contributed by atoms with Gasteiger partial charge >= 0.3 is 0 Å². The normalized spacial score (nSPS) is 24.5. The zero-order valence-electron chi connectivity index (χ0n) is 10.6. The van der Waals surface area contributed by atoms with E-state index < -0.39 is 0 Å². The van der Waals surface area contributed by atoms with Crippen molar-refractivity contribution in [1.29, 1.82) is 0 Å². The summed E-state index contributed by atoms with van der Waals surface area (Å²) in [5.74, 6) is 1.08. The average Bonchev–Trinajstić information content (AvgIpc) is 2.87. The maximum atomic E-state index is 12.4. The molecule has 0 aromatic carbocycles. The van der Waals surface area contributed by atoms with E-state index in [1.54, 1.807) is 7.05 Å². The smallest absolute Gasteiger partial charge is 0.182 e. The molecule has 6 nitrogen and oxygen atoms in total. The zero-order chi connectivity index (χ0) is 12.5. The van der Waals surface area contributed by atoms with Crippen molar-refractivity contribution in [2.24, 2.45) is 18.4 Å². The lowest BCUT2D eigenvalue weighted by molar-refractivity contribution is -0.129. The Balaban J connectivity index is 2.12. The first-order valence-electron chi connectivity index (χ1n) is 6.01. The van der Waals surface area contributed by atoms with Crippen molar-refractivity contribution in [3.63, 3.8) is 0 Å². The van der Waals surface area contributed by atoms with Crippen LogP contribution in [0.2, 0.25) is 0 Å². The summed E-state index contributed by atoms with van der Waals surface area (Å²) in [6.07, 6.45) is 1.19. The monoisotopic (exact) mass is 237 g/mol. The fraction of sp³-hybridized carbons (Fsp3) is 0.818. The molecule has 2 heterocycles. The predicted molar refractivity (Wildman–Crippen MR) is 62.3 cm³/mol. The van der Waals surface area contributed by atoms with Crippen LogP contribution in [-0.4, -0.2) is 39.1 Å². The first-order chi connectivity index (χ1) is 8.04. The van der Waals surface area contributed by atoms with E-state index in [1.807, 2.05) is 0 Å². The maximum absolute atomic E-state index is 12.4. The summed E-state index contributed by atoms with van der Waals surface area (Å²) in [6.45, 7) is 5.89. The maximum Gasteiger partial charge on any atom is 0.182 e. The van der Waals surface area contributed by atoms with Gasteiger partial charge in [-0.25, -0.2) is 0 Å². The van der Waals surface area contributed by atoms with E-state index in [-0.39, 0.29) is 17.6 Å².